The first-order valence-corrected chi connectivity index (χ1v) is 5.20. The summed E-state index contributed by atoms with van der Waals surface area (Å²) in [6, 6.07) is 9.24. The Hall–Kier alpha value is -0.340. The van der Waals surface area contributed by atoms with E-state index in [0.717, 1.165) is 4.90 Å². The lowest BCUT2D eigenvalue weighted by Gasteiger charge is -2.14. The van der Waals surface area contributed by atoms with Gasteiger partial charge in [-0.05, 0) is 26.0 Å². The van der Waals surface area contributed by atoms with E-state index in [-0.39, 0.29) is 0 Å². The van der Waals surface area contributed by atoms with Gasteiger partial charge in [-0.1, -0.05) is 18.2 Å². The van der Waals surface area contributed by atoms with Gasteiger partial charge in [0.25, 0.3) is 0 Å². The molecule has 0 fully saturated rings. The first-order valence-electron chi connectivity index (χ1n) is 3.67. The summed E-state index contributed by atoms with van der Waals surface area (Å²) in [6.07, 6.45) is 0. The molecule has 0 aliphatic carbocycles. The highest BCUT2D eigenvalue weighted by molar-refractivity contribution is 7.87. The van der Waals surface area contributed by atoms with Gasteiger partial charge in [0.1, 0.15) is 4.21 Å². The van der Waals surface area contributed by atoms with Crippen molar-refractivity contribution in [3.05, 3.63) is 30.3 Å². The third-order valence-electron chi connectivity index (χ3n) is 1.40. The Labute approximate surface area is 80.2 Å². The second kappa shape index (κ2) is 3.58. The van der Waals surface area contributed by atoms with Crippen LogP contribution in [0.15, 0.2) is 35.2 Å². The van der Waals surface area contributed by atoms with Gasteiger partial charge in [-0.15, -0.1) is 11.6 Å². The van der Waals surface area contributed by atoms with Crippen LogP contribution in [0.1, 0.15) is 13.8 Å². The predicted molar refractivity (Wildman–Crippen MR) is 52.8 cm³/mol. The summed E-state index contributed by atoms with van der Waals surface area (Å²) in [4.78, 5) is 0.775. The molecule has 0 heterocycles. The van der Waals surface area contributed by atoms with Gasteiger partial charge in [0.05, 0.1) is 10.8 Å². The van der Waals surface area contributed by atoms with Crippen molar-refractivity contribution in [3.63, 3.8) is 0 Å². The van der Waals surface area contributed by atoms with E-state index in [1.807, 2.05) is 30.3 Å². The van der Waals surface area contributed by atoms with Gasteiger partial charge in [0.2, 0.25) is 0 Å². The molecule has 1 aromatic rings. The molecule has 3 heteroatoms. The van der Waals surface area contributed by atoms with Crippen molar-refractivity contribution < 1.29 is 4.21 Å². The molecule has 1 nitrogen and oxygen atoms in total. The normalized spacial score (nSPS) is 14.2. The van der Waals surface area contributed by atoms with Crippen molar-refractivity contribution in [2.45, 2.75) is 22.9 Å². The number of hydrogen-bond donors (Lipinski definition) is 0. The molecule has 0 aliphatic rings. The van der Waals surface area contributed by atoms with Gasteiger partial charge in [-0.2, -0.15) is 0 Å². The second-order valence-corrected chi connectivity index (χ2v) is 6.14. The van der Waals surface area contributed by atoms with Gasteiger partial charge in [0, 0.05) is 4.90 Å². The van der Waals surface area contributed by atoms with Gasteiger partial charge < -0.3 is 0 Å². The first kappa shape index (κ1) is 9.75. The monoisotopic (exact) mass is 202 g/mol. The number of rotatable bonds is 2. The fourth-order valence-electron chi connectivity index (χ4n) is 0.824. The predicted octanol–water partition coefficient (Wildman–Crippen LogP) is 2.77. The minimum Gasteiger partial charge on any atom is -0.253 e. The van der Waals surface area contributed by atoms with Gasteiger partial charge >= 0.3 is 0 Å². The average molecular weight is 203 g/mol. The molecule has 1 atom stereocenters. The summed E-state index contributed by atoms with van der Waals surface area (Å²) < 4.78 is 11.0. The maximum absolute atomic E-state index is 11.6. The van der Waals surface area contributed by atoms with E-state index in [4.69, 9.17) is 11.6 Å². The van der Waals surface area contributed by atoms with E-state index in [2.05, 4.69) is 0 Å². The smallest absolute Gasteiger partial charge is 0.118 e. The lowest BCUT2D eigenvalue weighted by molar-refractivity contribution is 0.671. The van der Waals surface area contributed by atoms with Crippen LogP contribution in [-0.4, -0.2) is 8.42 Å². The molecule has 0 amide bonds. The minimum absolute atomic E-state index is 0.693. The molecule has 66 valence electrons. The minimum atomic E-state index is -1.14. The van der Waals surface area contributed by atoms with Crippen molar-refractivity contribution in [3.8, 4) is 0 Å². The molecule has 1 aromatic carbocycles. The first-order chi connectivity index (χ1) is 5.52. The Kier molecular flexibility index (Phi) is 2.91. The van der Waals surface area contributed by atoms with Gasteiger partial charge in [-0.25, -0.2) is 0 Å². The molecule has 0 radical (unpaired) electrons. The Bertz CT molecular complexity index is 276. The summed E-state index contributed by atoms with van der Waals surface area (Å²) in [5, 5.41) is 0. The molecule has 0 bridgehead atoms. The molecule has 1 unspecified atom stereocenters. The highest BCUT2D eigenvalue weighted by Crippen LogP contribution is 2.24. The quantitative estimate of drug-likeness (QED) is 0.675. The van der Waals surface area contributed by atoms with Crippen LogP contribution in [-0.2, 0) is 10.8 Å². The van der Waals surface area contributed by atoms with E-state index in [9.17, 15) is 4.21 Å². The molecule has 0 saturated heterocycles. The largest absolute Gasteiger partial charge is 0.253 e. The van der Waals surface area contributed by atoms with Crippen LogP contribution in [0.3, 0.4) is 0 Å². The summed E-state index contributed by atoms with van der Waals surface area (Å²) in [5.41, 5.74) is 0. The maximum Gasteiger partial charge on any atom is 0.118 e. The number of halogens is 1. The van der Waals surface area contributed by atoms with Crippen LogP contribution >= 0.6 is 11.6 Å². The Morgan fingerprint density at radius 3 is 2.17 bits per heavy atom. The summed E-state index contributed by atoms with van der Waals surface area (Å²) >= 11 is 5.92. The molecule has 0 aromatic heterocycles. The molecule has 0 spiro atoms. The fourth-order valence-corrected chi connectivity index (χ4v) is 2.06. The summed E-state index contributed by atoms with van der Waals surface area (Å²) in [7, 11) is -1.14. The number of benzene rings is 1. The highest BCUT2D eigenvalue weighted by atomic mass is 35.5. The van der Waals surface area contributed by atoms with Crippen molar-refractivity contribution >= 4 is 22.4 Å². The topological polar surface area (TPSA) is 17.1 Å². The Balaban J connectivity index is 2.94. The second-order valence-electron chi connectivity index (χ2n) is 2.95. The lowest BCUT2D eigenvalue weighted by Crippen LogP contribution is -2.18. The van der Waals surface area contributed by atoms with Gasteiger partial charge in [-0.3, -0.25) is 4.21 Å². The van der Waals surface area contributed by atoms with Crippen molar-refractivity contribution in [1.82, 2.24) is 0 Å². The van der Waals surface area contributed by atoms with Crippen LogP contribution in [0.5, 0.6) is 0 Å². The van der Waals surface area contributed by atoms with E-state index in [1.165, 1.54) is 0 Å². The molecular formula is C9H11ClOS. The zero-order chi connectivity index (χ0) is 9.19. The van der Waals surface area contributed by atoms with E-state index < -0.39 is 15.0 Å². The van der Waals surface area contributed by atoms with Crippen LogP contribution in [0.25, 0.3) is 0 Å². The van der Waals surface area contributed by atoms with Crippen LogP contribution in [0.2, 0.25) is 0 Å². The Morgan fingerprint density at radius 2 is 1.75 bits per heavy atom. The van der Waals surface area contributed by atoms with E-state index in [1.54, 1.807) is 13.8 Å². The standard InChI is InChI=1S/C9H11ClOS/c1-9(2,10)12(11)8-6-4-3-5-7-8/h3-7H,1-2H3. The van der Waals surface area contributed by atoms with Crippen molar-refractivity contribution in [2.24, 2.45) is 0 Å². The fraction of sp³-hybridized carbons (Fsp3) is 0.333. The third-order valence-corrected chi connectivity index (χ3v) is 3.40. The molecular weight excluding hydrogens is 192 g/mol. The number of alkyl halides is 1. The van der Waals surface area contributed by atoms with Crippen LogP contribution in [0.4, 0.5) is 0 Å². The molecule has 0 N–H and O–H groups in total. The van der Waals surface area contributed by atoms with E-state index in [0.29, 0.717) is 0 Å². The number of hydrogen-bond acceptors (Lipinski definition) is 1. The van der Waals surface area contributed by atoms with Gasteiger partial charge in [0.15, 0.2) is 0 Å². The zero-order valence-electron chi connectivity index (χ0n) is 7.08. The molecule has 0 aliphatic heterocycles. The molecule has 12 heavy (non-hydrogen) atoms. The summed E-state index contributed by atoms with van der Waals surface area (Å²) in [5.74, 6) is 0. The van der Waals surface area contributed by atoms with Crippen LogP contribution in [0, 0.1) is 0 Å². The summed E-state index contributed by atoms with van der Waals surface area (Å²) in [6.45, 7) is 3.50. The molecule has 0 saturated carbocycles. The Morgan fingerprint density at radius 1 is 1.25 bits per heavy atom. The molecule has 1 rings (SSSR count). The van der Waals surface area contributed by atoms with Crippen molar-refractivity contribution in [2.75, 3.05) is 0 Å². The maximum atomic E-state index is 11.6. The van der Waals surface area contributed by atoms with Crippen LogP contribution < -0.4 is 0 Å². The SMILES string of the molecule is CC(C)(Cl)S(=O)c1ccccc1. The third kappa shape index (κ3) is 2.32. The van der Waals surface area contributed by atoms with E-state index >= 15 is 0 Å². The lowest BCUT2D eigenvalue weighted by atomic mass is 10.4. The highest BCUT2D eigenvalue weighted by Gasteiger charge is 2.23. The average Bonchev–Trinajstić information content (AvgIpc) is 2.03. The van der Waals surface area contributed by atoms with Crippen molar-refractivity contribution in [1.29, 1.82) is 0 Å². The zero-order valence-corrected chi connectivity index (χ0v) is 8.65.